The maximum absolute atomic E-state index is 14.0. The maximum atomic E-state index is 14.0. The van der Waals surface area contributed by atoms with E-state index in [4.69, 9.17) is 14.5 Å². The molecule has 6 nitrogen and oxygen atoms in total. The van der Waals surface area contributed by atoms with E-state index in [1.165, 1.54) is 17.8 Å². The molecule has 4 rings (SSSR count). The summed E-state index contributed by atoms with van der Waals surface area (Å²) in [5.41, 5.74) is 2.74. The van der Waals surface area contributed by atoms with Crippen LogP contribution in [0.1, 0.15) is 18.1 Å². The predicted molar refractivity (Wildman–Crippen MR) is 127 cm³/mol. The van der Waals surface area contributed by atoms with E-state index in [0.29, 0.717) is 18.9 Å². The van der Waals surface area contributed by atoms with Crippen LogP contribution in [0.25, 0.3) is 0 Å². The largest absolute Gasteiger partial charge is 0.467 e. The van der Waals surface area contributed by atoms with Crippen LogP contribution < -0.4 is 15.0 Å². The Labute approximate surface area is 194 Å². The second-order valence-electron chi connectivity index (χ2n) is 7.14. The van der Waals surface area contributed by atoms with E-state index in [1.807, 2.05) is 6.07 Å². The van der Waals surface area contributed by atoms with Gasteiger partial charge in [0.2, 0.25) is 0 Å². The maximum Gasteiger partial charge on any atom is 0.194 e. The Balaban J connectivity index is 0.00000256. The molecule has 2 aliphatic rings. The molecule has 2 aromatic carbocycles. The Kier molecular flexibility index (Phi) is 8.15. The first-order chi connectivity index (χ1) is 14.2. The number of nitrogens with zero attached hydrogens (tertiary/aromatic N) is 3. The summed E-state index contributed by atoms with van der Waals surface area (Å²) in [6.07, 6.45) is 0. The second-order valence-corrected chi connectivity index (χ2v) is 7.14. The third-order valence-corrected chi connectivity index (χ3v) is 5.19. The third kappa shape index (κ3) is 5.34. The van der Waals surface area contributed by atoms with Gasteiger partial charge in [-0.25, -0.2) is 9.38 Å². The summed E-state index contributed by atoms with van der Waals surface area (Å²) in [6, 6.07) is 13.4. The number of nitrogens with one attached hydrogen (secondary N) is 1. The van der Waals surface area contributed by atoms with Crippen LogP contribution in [0.5, 0.6) is 5.75 Å². The highest BCUT2D eigenvalue weighted by atomic mass is 127. The summed E-state index contributed by atoms with van der Waals surface area (Å²) in [5.74, 6) is 1.26. The van der Waals surface area contributed by atoms with Gasteiger partial charge in [0.1, 0.15) is 11.6 Å². The molecule has 0 radical (unpaired) electrons. The fourth-order valence-electron chi connectivity index (χ4n) is 3.78. The van der Waals surface area contributed by atoms with Crippen LogP contribution in [0, 0.1) is 5.82 Å². The molecule has 0 aliphatic carbocycles. The van der Waals surface area contributed by atoms with Crippen molar-refractivity contribution in [2.45, 2.75) is 20.1 Å². The molecule has 162 valence electrons. The normalized spacial score (nSPS) is 16.4. The molecule has 0 unspecified atom stereocenters. The van der Waals surface area contributed by atoms with Crippen molar-refractivity contribution in [1.82, 2.24) is 10.2 Å². The van der Waals surface area contributed by atoms with Crippen LogP contribution in [0.4, 0.5) is 10.1 Å². The van der Waals surface area contributed by atoms with E-state index < -0.39 is 0 Å². The van der Waals surface area contributed by atoms with Crippen LogP contribution in [0.2, 0.25) is 0 Å². The van der Waals surface area contributed by atoms with E-state index in [0.717, 1.165) is 49.8 Å². The van der Waals surface area contributed by atoms with E-state index in [2.05, 4.69) is 46.3 Å². The summed E-state index contributed by atoms with van der Waals surface area (Å²) < 4.78 is 24.9. The standard InChI is InChI=1S/C22H27FN4O2.HI/c1-2-24-22(27-10-8-26(9-11-27)20-6-4-3-5-7-20)25-14-17-12-19(23)13-18-15-28-16-29-21(17)18;/h3-7,12-13H,2,8-11,14-16H2,1H3,(H,24,25);1H. The minimum absolute atomic E-state index is 0. The molecule has 1 fully saturated rings. The highest BCUT2D eigenvalue weighted by Crippen LogP contribution is 2.30. The van der Waals surface area contributed by atoms with Gasteiger partial charge in [-0.2, -0.15) is 0 Å². The summed E-state index contributed by atoms with van der Waals surface area (Å²) in [7, 11) is 0. The lowest BCUT2D eigenvalue weighted by molar-refractivity contribution is -0.0172. The molecule has 2 aliphatic heterocycles. The molecule has 0 aromatic heterocycles. The third-order valence-electron chi connectivity index (χ3n) is 5.19. The van der Waals surface area contributed by atoms with Crippen LogP contribution in [-0.4, -0.2) is 50.4 Å². The molecule has 8 heteroatoms. The van der Waals surface area contributed by atoms with Crippen molar-refractivity contribution in [3.8, 4) is 5.75 Å². The first-order valence-electron chi connectivity index (χ1n) is 10.1. The first kappa shape index (κ1) is 22.6. The number of para-hydroxylation sites is 1. The SMILES string of the molecule is CCNC(=NCc1cc(F)cc2c1OCOC2)N1CCN(c2ccccc2)CC1.I. The van der Waals surface area contributed by atoms with Crippen LogP contribution in [-0.2, 0) is 17.9 Å². The van der Waals surface area contributed by atoms with Crippen molar-refractivity contribution in [3.63, 3.8) is 0 Å². The molecule has 2 aromatic rings. The zero-order valence-electron chi connectivity index (χ0n) is 17.1. The number of fused-ring (bicyclic) bond motifs is 1. The van der Waals surface area contributed by atoms with Crippen LogP contribution in [0.15, 0.2) is 47.5 Å². The molecule has 0 bridgehead atoms. The number of piperazine rings is 1. The molecule has 2 heterocycles. The van der Waals surface area contributed by atoms with Crippen molar-refractivity contribution in [3.05, 3.63) is 59.4 Å². The van der Waals surface area contributed by atoms with E-state index in [-0.39, 0.29) is 36.6 Å². The van der Waals surface area contributed by atoms with Crippen molar-refractivity contribution in [2.75, 3.05) is 44.4 Å². The molecular formula is C22H28FIN4O2. The second kappa shape index (κ2) is 10.8. The fraction of sp³-hybridized carbons (Fsp3) is 0.409. The molecule has 0 spiro atoms. The van der Waals surface area contributed by atoms with Gasteiger partial charge in [0.25, 0.3) is 0 Å². The lowest BCUT2D eigenvalue weighted by Crippen LogP contribution is -2.52. The predicted octanol–water partition coefficient (Wildman–Crippen LogP) is 3.60. The topological polar surface area (TPSA) is 49.3 Å². The average Bonchev–Trinajstić information content (AvgIpc) is 2.77. The first-order valence-corrected chi connectivity index (χ1v) is 10.1. The van der Waals surface area contributed by atoms with Gasteiger partial charge < -0.3 is 24.6 Å². The fourth-order valence-corrected chi connectivity index (χ4v) is 3.78. The highest BCUT2D eigenvalue weighted by molar-refractivity contribution is 14.0. The van der Waals surface area contributed by atoms with Crippen LogP contribution in [0.3, 0.4) is 0 Å². The zero-order valence-corrected chi connectivity index (χ0v) is 19.5. The van der Waals surface area contributed by atoms with Gasteiger partial charge in [-0.1, -0.05) is 18.2 Å². The number of hydrogen-bond donors (Lipinski definition) is 1. The van der Waals surface area contributed by atoms with Gasteiger partial charge in [-0.3, -0.25) is 0 Å². The van der Waals surface area contributed by atoms with Gasteiger partial charge in [0, 0.05) is 49.5 Å². The van der Waals surface area contributed by atoms with Crippen LogP contribution >= 0.6 is 24.0 Å². The van der Waals surface area contributed by atoms with Crippen molar-refractivity contribution < 1.29 is 13.9 Å². The molecule has 1 saturated heterocycles. The van der Waals surface area contributed by atoms with Gasteiger partial charge in [-0.05, 0) is 31.2 Å². The smallest absolute Gasteiger partial charge is 0.194 e. The van der Waals surface area contributed by atoms with Gasteiger partial charge in [0.05, 0.1) is 13.2 Å². The van der Waals surface area contributed by atoms with Crippen molar-refractivity contribution in [2.24, 2.45) is 4.99 Å². The van der Waals surface area contributed by atoms with Gasteiger partial charge >= 0.3 is 0 Å². The number of hydrogen-bond acceptors (Lipinski definition) is 4. The Morgan fingerprint density at radius 2 is 1.90 bits per heavy atom. The molecule has 0 amide bonds. The lowest BCUT2D eigenvalue weighted by atomic mass is 10.1. The van der Waals surface area contributed by atoms with E-state index in [1.54, 1.807) is 0 Å². The van der Waals surface area contributed by atoms with Gasteiger partial charge in [0.15, 0.2) is 12.8 Å². The number of guanidine groups is 1. The summed E-state index contributed by atoms with van der Waals surface area (Å²) in [5, 5.41) is 3.37. The number of aliphatic imine (C=N–C) groups is 1. The molecular weight excluding hydrogens is 498 g/mol. The van der Waals surface area contributed by atoms with Crippen molar-refractivity contribution in [1.29, 1.82) is 0 Å². The van der Waals surface area contributed by atoms with Gasteiger partial charge in [-0.15, -0.1) is 24.0 Å². The Hall–Kier alpha value is -2.07. The summed E-state index contributed by atoms with van der Waals surface area (Å²) >= 11 is 0. The Bertz CT molecular complexity index is 858. The highest BCUT2D eigenvalue weighted by Gasteiger charge is 2.21. The minimum Gasteiger partial charge on any atom is -0.467 e. The van der Waals surface area contributed by atoms with E-state index in [9.17, 15) is 4.39 Å². The lowest BCUT2D eigenvalue weighted by Gasteiger charge is -2.37. The molecule has 30 heavy (non-hydrogen) atoms. The number of anilines is 1. The number of halogens is 2. The van der Waals surface area contributed by atoms with E-state index >= 15 is 0 Å². The quantitative estimate of drug-likeness (QED) is 0.375. The number of ether oxygens (including phenoxy) is 2. The minimum atomic E-state index is -0.287. The van der Waals surface area contributed by atoms with Crippen molar-refractivity contribution >= 4 is 35.6 Å². The Morgan fingerprint density at radius 1 is 1.13 bits per heavy atom. The average molecular weight is 526 g/mol. The summed E-state index contributed by atoms with van der Waals surface area (Å²) in [6.45, 7) is 7.39. The molecule has 0 atom stereocenters. The molecule has 0 saturated carbocycles. The zero-order chi connectivity index (χ0) is 20.1. The summed E-state index contributed by atoms with van der Waals surface area (Å²) in [4.78, 5) is 9.43. The monoisotopic (exact) mass is 526 g/mol. The Morgan fingerprint density at radius 3 is 2.63 bits per heavy atom. The number of benzene rings is 2. The molecule has 1 N–H and O–H groups in total. The number of rotatable bonds is 4.